The molecular weight excluding hydrogens is 378 g/mol. The zero-order chi connectivity index (χ0) is 16.1. The summed E-state index contributed by atoms with van der Waals surface area (Å²) in [5, 5.41) is 0.412. The number of rotatable bonds is 1. The summed E-state index contributed by atoms with van der Waals surface area (Å²) < 4.78 is 1.10. The molecule has 2 aliphatic rings. The van der Waals surface area contributed by atoms with Crippen molar-refractivity contribution in [3.8, 4) is 0 Å². The van der Waals surface area contributed by atoms with E-state index in [-0.39, 0.29) is 0 Å². The van der Waals surface area contributed by atoms with Crippen LogP contribution in [0.3, 0.4) is 0 Å². The molecule has 0 aliphatic carbocycles. The second-order valence-electron chi connectivity index (χ2n) is 6.12. The number of hydrogen-bond donors (Lipinski definition) is 0. The van der Waals surface area contributed by atoms with Crippen molar-refractivity contribution in [3.05, 3.63) is 94.0 Å². The number of fused-ring (bicyclic) bond motifs is 5. The van der Waals surface area contributed by atoms with Crippen molar-refractivity contribution in [1.82, 2.24) is 0 Å². The first-order chi connectivity index (χ1) is 11.8. The third-order valence-electron chi connectivity index (χ3n) is 4.73. The summed E-state index contributed by atoms with van der Waals surface area (Å²) >= 11 is 5.51. The van der Waals surface area contributed by atoms with E-state index in [1.165, 1.54) is 27.3 Å². The smallest absolute Gasteiger partial charge is 0.0677 e. The zero-order valence-corrected chi connectivity index (χ0v) is 15.2. The number of para-hydroxylation sites is 1. The molecule has 0 N–H and O–H groups in total. The van der Waals surface area contributed by atoms with Gasteiger partial charge in [-0.05, 0) is 41.0 Å². The Hall–Kier alpha value is -1.84. The normalized spacial score (nSPS) is 20.8. The number of halogens is 1. The van der Waals surface area contributed by atoms with Crippen molar-refractivity contribution < 1.29 is 0 Å². The maximum absolute atomic E-state index is 5.07. The van der Waals surface area contributed by atoms with Gasteiger partial charge in [0.05, 0.1) is 11.4 Å². The van der Waals surface area contributed by atoms with Crippen LogP contribution in [0.2, 0.25) is 0 Å². The van der Waals surface area contributed by atoms with Crippen molar-refractivity contribution >= 4 is 39.1 Å². The quantitative estimate of drug-likeness (QED) is 0.460. The van der Waals surface area contributed by atoms with Crippen LogP contribution in [0.15, 0.2) is 87.2 Å². The van der Waals surface area contributed by atoms with E-state index >= 15 is 0 Å². The predicted octanol–water partition coefficient (Wildman–Crippen LogP) is 6.51. The fraction of sp³-hybridized carbons (Fsp3) is 0.0952. The molecule has 116 valence electrons. The SMILES string of the molecule is Brc1ccc(C2=Nc3ccccc3C3Sc4ccccc4C23)cc1. The fourth-order valence-electron chi connectivity index (χ4n) is 3.64. The lowest BCUT2D eigenvalue weighted by atomic mass is 9.82. The number of hydrogen-bond acceptors (Lipinski definition) is 2. The molecular formula is C21H14BrNS. The Balaban J connectivity index is 1.75. The molecule has 0 amide bonds. The van der Waals surface area contributed by atoms with Gasteiger partial charge in [0.15, 0.2) is 0 Å². The molecule has 2 atom stereocenters. The Labute approximate surface area is 154 Å². The summed E-state index contributed by atoms with van der Waals surface area (Å²) in [4.78, 5) is 6.46. The molecule has 3 aromatic rings. The minimum Gasteiger partial charge on any atom is -0.252 e. The van der Waals surface area contributed by atoms with E-state index in [1.54, 1.807) is 0 Å². The lowest BCUT2D eigenvalue weighted by molar-refractivity contribution is 0.850. The van der Waals surface area contributed by atoms with Crippen LogP contribution in [-0.2, 0) is 0 Å². The van der Waals surface area contributed by atoms with E-state index in [4.69, 9.17) is 4.99 Å². The van der Waals surface area contributed by atoms with Crippen molar-refractivity contribution in [1.29, 1.82) is 0 Å². The standard InChI is InChI=1S/C21H14BrNS/c22-14-11-9-13(10-12-14)20-19-16-6-2-4-8-18(16)24-21(19)15-5-1-3-7-17(15)23-20/h1-12,19,21H. The highest BCUT2D eigenvalue weighted by Crippen LogP contribution is 2.59. The largest absolute Gasteiger partial charge is 0.252 e. The molecule has 0 radical (unpaired) electrons. The third-order valence-corrected chi connectivity index (χ3v) is 6.66. The van der Waals surface area contributed by atoms with Gasteiger partial charge >= 0.3 is 0 Å². The summed E-state index contributed by atoms with van der Waals surface area (Å²) in [7, 11) is 0. The maximum Gasteiger partial charge on any atom is 0.0677 e. The van der Waals surface area contributed by atoms with Gasteiger partial charge in [-0.25, -0.2) is 0 Å². The molecule has 2 aliphatic heterocycles. The minimum atomic E-state index is 0.322. The van der Waals surface area contributed by atoms with Gasteiger partial charge in [0.2, 0.25) is 0 Å². The van der Waals surface area contributed by atoms with Crippen LogP contribution < -0.4 is 0 Å². The first-order valence-corrected chi connectivity index (χ1v) is 9.67. The van der Waals surface area contributed by atoms with Crippen LogP contribution in [0.25, 0.3) is 0 Å². The Morgan fingerprint density at radius 3 is 2.33 bits per heavy atom. The van der Waals surface area contributed by atoms with Crippen molar-refractivity contribution in [2.24, 2.45) is 4.99 Å². The lowest BCUT2D eigenvalue weighted by Crippen LogP contribution is -2.20. The highest BCUT2D eigenvalue weighted by atomic mass is 79.9. The maximum atomic E-state index is 5.07. The van der Waals surface area contributed by atoms with E-state index in [1.807, 2.05) is 11.8 Å². The van der Waals surface area contributed by atoms with Crippen molar-refractivity contribution in [2.45, 2.75) is 16.1 Å². The highest BCUT2D eigenvalue weighted by molar-refractivity contribution is 9.10. The highest BCUT2D eigenvalue weighted by Gasteiger charge is 2.41. The van der Waals surface area contributed by atoms with Gasteiger partial charge in [0.25, 0.3) is 0 Å². The van der Waals surface area contributed by atoms with Crippen LogP contribution in [0.4, 0.5) is 5.69 Å². The second kappa shape index (κ2) is 5.61. The summed E-state index contributed by atoms with van der Waals surface area (Å²) in [6, 6.07) is 25.9. The van der Waals surface area contributed by atoms with E-state index in [2.05, 4.69) is 88.7 Å². The summed E-state index contributed by atoms with van der Waals surface area (Å²) in [5.74, 6) is 0.322. The van der Waals surface area contributed by atoms with Gasteiger partial charge in [-0.3, -0.25) is 4.99 Å². The molecule has 0 saturated heterocycles. The number of aliphatic imine (C=N–C) groups is 1. The Morgan fingerprint density at radius 2 is 1.50 bits per heavy atom. The van der Waals surface area contributed by atoms with Gasteiger partial charge in [-0.2, -0.15) is 0 Å². The van der Waals surface area contributed by atoms with Crippen LogP contribution in [0, 0.1) is 0 Å². The Bertz CT molecular complexity index is 962. The lowest BCUT2D eigenvalue weighted by Gasteiger charge is -2.28. The summed E-state index contributed by atoms with van der Waals surface area (Å²) in [6.07, 6.45) is 0. The predicted molar refractivity (Wildman–Crippen MR) is 105 cm³/mol. The van der Waals surface area contributed by atoms with E-state index in [9.17, 15) is 0 Å². The van der Waals surface area contributed by atoms with Crippen LogP contribution >= 0.6 is 27.7 Å². The second-order valence-corrected chi connectivity index (χ2v) is 8.22. The molecule has 0 aromatic heterocycles. The molecule has 0 saturated carbocycles. The van der Waals surface area contributed by atoms with Gasteiger partial charge < -0.3 is 0 Å². The molecule has 0 spiro atoms. The fourth-order valence-corrected chi connectivity index (χ4v) is 5.40. The summed E-state index contributed by atoms with van der Waals surface area (Å²) in [6.45, 7) is 0. The van der Waals surface area contributed by atoms with Crippen molar-refractivity contribution in [3.63, 3.8) is 0 Å². The average molecular weight is 392 g/mol. The molecule has 2 heterocycles. The van der Waals surface area contributed by atoms with Crippen molar-refractivity contribution in [2.75, 3.05) is 0 Å². The minimum absolute atomic E-state index is 0.322. The number of thioether (sulfide) groups is 1. The Morgan fingerprint density at radius 1 is 0.792 bits per heavy atom. The summed E-state index contributed by atoms with van der Waals surface area (Å²) in [5.41, 5.74) is 6.26. The molecule has 1 nitrogen and oxygen atoms in total. The topological polar surface area (TPSA) is 12.4 Å². The molecule has 0 bridgehead atoms. The number of benzene rings is 3. The van der Waals surface area contributed by atoms with Gasteiger partial charge in [0.1, 0.15) is 0 Å². The van der Waals surface area contributed by atoms with Gasteiger partial charge in [-0.1, -0.05) is 64.5 Å². The first kappa shape index (κ1) is 14.5. The molecule has 3 heteroatoms. The van der Waals surface area contributed by atoms with E-state index in [0.717, 1.165) is 10.2 Å². The molecule has 0 fully saturated rings. The van der Waals surface area contributed by atoms with E-state index in [0.29, 0.717) is 11.2 Å². The Kier molecular flexibility index (Phi) is 3.39. The van der Waals surface area contributed by atoms with Crippen LogP contribution in [0.1, 0.15) is 27.9 Å². The van der Waals surface area contributed by atoms with Crippen LogP contribution in [-0.4, -0.2) is 5.71 Å². The zero-order valence-electron chi connectivity index (χ0n) is 12.8. The van der Waals surface area contributed by atoms with Gasteiger partial charge in [0, 0.05) is 20.5 Å². The molecule has 3 aromatic carbocycles. The average Bonchev–Trinajstić information content (AvgIpc) is 3.02. The molecule has 24 heavy (non-hydrogen) atoms. The molecule has 5 rings (SSSR count). The monoisotopic (exact) mass is 391 g/mol. The van der Waals surface area contributed by atoms with Gasteiger partial charge in [-0.15, -0.1) is 11.8 Å². The van der Waals surface area contributed by atoms with E-state index < -0.39 is 0 Å². The van der Waals surface area contributed by atoms with Crippen LogP contribution in [0.5, 0.6) is 0 Å². The first-order valence-electron chi connectivity index (χ1n) is 8.00. The molecule has 2 unspecified atom stereocenters. The third kappa shape index (κ3) is 2.19. The number of nitrogens with zero attached hydrogens (tertiary/aromatic N) is 1.